The number of rotatable bonds is 1. The van der Waals surface area contributed by atoms with E-state index in [1.807, 2.05) is 0 Å². The Hall–Kier alpha value is -2.11. The van der Waals surface area contributed by atoms with Crippen molar-refractivity contribution in [1.29, 1.82) is 0 Å². The van der Waals surface area contributed by atoms with E-state index in [2.05, 4.69) is 56.5 Å². The molecule has 0 saturated carbocycles. The summed E-state index contributed by atoms with van der Waals surface area (Å²) in [4.78, 5) is 9.23. The summed E-state index contributed by atoms with van der Waals surface area (Å²) in [5.74, 6) is 0.990. The fourth-order valence-corrected chi connectivity index (χ4v) is 3.74. The van der Waals surface area contributed by atoms with Gasteiger partial charge in [0, 0.05) is 12.1 Å². The number of imidazole rings is 1. The second kappa shape index (κ2) is 4.97. The lowest BCUT2D eigenvalue weighted by molar-refractivity contribution is 0.960. The summed E-state index contributed by atoms with van der Waals surface area (Å²) in [6.45, 7) is 1.78. The molecule has 110 valence electrons. The van der Waals surface area contributed by atoms with Gasteiger partial charge in [-0.25, -0.2) is 4.98 Å². The number of nitrogens with one attached hydrogen (secondary N) is 1. The highest BCUT2D eigenvalue weighted by molar-refractivity contribution is 7.17. The summed E-state index contributed by atoms with van der Waals surface area (Å²) in [5.41, 5.74) is 5.51. The molecular formula is C16H13ClN4S. The number of amidine groups is 1. The van der Waals surface area contributed by atoms with Crippen LogP contribution in [0.1, 0.15) is 5.56 Å². The molecule has 0 radical (unpaired) electrons. The number of hydrogen-bond donors (Lipinski definition) is 1. The molecule has 4 aromatic rings. The zero-order valence-corrected chi connectivity index (χ0v) is 13.2. The molecule has 0 saturated heterocycles. The molecule has 0 bridgehead atoms. The quantitative estimate of drug-likeness (QED) is 0.581. The molecule has 3 aromatic heterocycles. The first-order chi connectivity index (χ1) is 10.4. The number of pyridine rings is 1. The highest BCUT2D eigenvalue weighted by Crippen LogP contribution is 2.27. The third-order valence-electron chi connectivity index (χ3n) is 3.93. The molecule has 0 unspecified atom stereocenters. The zero-order valence-electron chi connectivity index (χ0n) is 11.6. The van der Waals surface area contributed by atoms with Crippen LogP contribution >= 0.6 is 23.7 Å². The van der Waals surface area contributed by atoms with Crippen molar-refractivity contribution in [3.63, 3.8) is 0 Å². The molecule has 22 heavy (non-hydrogen) atoms. The molecule has 1 aliphatic heterocycles. The molecule has 0 fully saturated rings. The number of benzene rings is 1. The van der Waals surface area contributed by atoms with Crippen LogP contribution in [0.15, 0.2) is 46.8 Å². The van der Waals surface area contributed by atoms with Gasteiger partial charge in [0.25, 0.3) is 0 Å². The minimum atomic E-state index is 0. The average molecular weight is 329 g/mol. The summed E-state index contributed by atoms with van der Waals surface area (Å²) < 4.78 is 3.52. The molecule has 1 aliphatic rings. The zero-order chi connectivity index (χ0) is 13.8. The van der Waals surface area contributed by atoms with Crippen LogP contribution in [0.25, 0.3) is 26.9 Å². The predicted molar refractivity (Wildman–Crippen MR) is 94.7 cm³/mol. The Bertz CT molecular complexity index is 1030. The first kappa shape index (κ1) is 13.5. The van der Waals surface area contributed by atoms with E-state index in [0.29, 0.717) is 0 Å². The monoisotopic (exact) mass is 328 g/mol. The van der Waals surface area contributed by atoms with Gasteiger partial charge in [-0.05, 0) is 41.8 Å². The lowest BCUT2D eigenvalue weighted by Gasteiger charge is -2.03. The predicted octanol–water partition coefficient (Wildman–Crippen LogP) is 3.47. The van der Waals surface area contributed by atoms with Crippen molar-refractivity contribution < 1.29 is 0 Å². The van der Waals surface area contributed by atoms with Crippen molar-refractivity contribution in [2.75, 3.05) is 13.1 Å². The Labute approximate surface area is 136 Å². The number of aromatic nitrogens is 2. The molecule has 5 rings (SSSR count). The SMILES string of the molecule is Cl.c1cc2c(ccc3nc4ccc(C5=NCCN5)cc4n32)s1. The molecule has 6 heteroatoms. The average Bonchev–Trinajstić information content (AvgIpc) is 3.24. The molecule has 0 amide bonds. The van der Waals surface area contributed by atoms with Crippen LogP contribution in [0.5, 0.6) is 0 Å². The van der Waals surface area contributed by atoms with Crippen LogP contribution in [0, 0.1) is 0 Å². The van der Waals surface area contributed by atoms with Gasteiger partial charge in [0.2, 0.25) is 0 Å². The van der Waals surface area contributed by atoms with E-state index in [-0.39, 0.29) is 12.4 Å². The topological polar surface area (TPSA) is 41.7 Å². The summed E-state index contributed by atoms with van der Waals surface area (Å²) in [5, 5.41) is 5.46. The van der Waals surface area contributed by atoms with Crippen LogP contribution < -0.4 is 5.32 Å². The van der Waals surface area contributed by atoms with Crippen LogP contribution in [0.3, 0.4) is 0 Å². The Balaban J connectivity index is 0.00000125. The van der Waals surface area contributed by atoms with Gasteiger partial charge in [-0.15, -0.1) is 23.7 Å². The van der Waals surface area contributed by atoms with Gasteiger partial charge in [-0.1, -0.05) is 0 Å². The standard InChI is InChI=1S/C16H12N4S.ClH/c1-2-11-13(9-10(1)16-17-6-7-18-16)20-12-5-8-21-14(12)3-4-15(20)19-11;/h1-5,8-9H,6-7H2,(H,17,18);1H. The normalized spacial score (nSPS) is 14.3. The van der Waals surface area contributed by atoms with Crippen LogP contribution in [-0.2, 0) is 0 Å². The molecule has 1 N–H and O–H groups in total. The number of thiophene rings is 1. The van der Waals surface area contributed by atoms with Crippen LogP contribution in [-0.4, -0.2) is 28.3 Å². The molecule has 1 aromatic carbocycles. The Morgan fingerprint density at radius 2 is 2.05 bits per heavy atom. The summed E-state index contributed by atoms with van der Waals surface area (Å²) in [6, 6.07) is 12.7. The summed E-state index contributed by atoms with van der Waals surface area (Å²) in [6.07, 6.45) is 0. The second-order valence-corrected chi connectivity index (χ2v) is 6.12. The number of nitrogens with zero attached hydrogens (tertiary/aromatic N) is 3. The maximum absolute atomic E-state index is 4.72. The van der Waals surface area contributed by atoms with Gasteiger partial charge in [-0.2, -0.15) is 0 Å². The van der Waals surface area contributed by atoms with Crippen molar-refractivity contribution in [2.45, 2.75) is 0 Å². The van der Waals surface area contributed by atoms with E-state index in [0.717, 1.165) is 41.2 Å². The molecular weight excluding hydrogens is 316 g/mol. The Morgan fingerprint density at radius 3 is 2.91 bits per heavy atom. The Kier molecular flexibility index (Phi) is 3.06. The van der Waals surface area contributed by atoms with Crippen LogP contribution in [0.4, 0.5) is 0 Å². The summed E-state index contributed by atoms with van der Waals surface area (Å²) >= 11 is 1.76. The van der Waals surface area contributed by atoms with E-state index < -0.39 is 0 Å². The fraction of sp³-hybridized carbons (Fsp3) is 0.125. The third-order valence-corrected chi connectivity index (χ3v) is 4.80. The van der Waals surface area contributed by atoms with Gasteiger partial charge >= 0.3 is 0 Å². The fourth-order valence-electron chi connectivity index (χ4n) is 2.97. The van der Waals surface area contributed by atoms with Gasteiger partial charge < -0.3 is 5.32 Å². The van der Waals surface area contributed by atoms with E-state index in [4.69, 9.17) is 4.98 Å². The van der Waals surface area contributed by atoms with Gasteiger partial charge in [0.05, 0.1) is 27.8 Å². The molecule has 4 heterocycles. The minimum absolute atomic E-state index is 0. The summed E-state index contributed by atoms with van der Waals surface area (Å²) in [7, 11) is 0. The first-order valence-corrected chi connectivity index (χ1v) is 7.85. The smallest absolute Gasteiger partial charge is 0.138 e. The van der Waals surface area contributed by atoms with Crippen molar-refractivity contribution in [3.8, 4) is 0 Å². The maximum atomic E-state index is 4.72. The number of fused-ring (bicyclic) bond motifs is 5. The third kappa shape index (κ3) is 1.82. The number of halogens is 1. The highest BCUT2D eigenvalue weighted by Gasteiger charge is 2.12. The van der Waals surface area contributed by atoms with Crippen molar-refractivity contribution in [2.24, 2.45) is 4.99 Å². The molecule has 0 spiro atoms. The largest absolute Gasteiger partial charge is 0.368 e. The maximum Gasteiger partial charge on any atom is 0.138 e. The van der Waals surface area contributed by atoms with Crippen molar-refractivity contribution in [3.05, 3.63) is 47.3 Å². The van der Waals surface area contributed by atoms with E-state index in [9.17, 15) is 0 Å². The van der Waals surface area contributed by atoms with E-state index in [1.165, 1.54) is 10.2 Å². The highest BCUT2D eigenvalue weighted by atomic mass is 35.5. The van der Waals surface area contributed by atoms with Crippen molar-refractivity contribution in [1.82, 2.24) is 14.7 Å². The number of aliphatic imine (C=N–C) groups is 1. The molecule has 0 aliphatic carbocycles. The van der Waals surface area contributed by atoms with Crippen LogP contribution in [0.2, 0.25) is 0 Å². The first-order valence-electron chi connectivity index (χ1n) is 6.97. The molecule has 4 nitrogen and oxygen atoms in total. The lowest BCUT2D eigenvalue weighted by atomic mass is 10.2. The molecule has 0 atom stereocenters. The van der Waals surface area contributed by atoms with E-state index >= 15 is 0 Å². The Morgan fingerprint density at radius 1 is 1.09 bits per heavy atom. The lowest BCUT2D eigenvalue weighted by Crippen LogP contribution is -2.19. The minimum Gasteiger partial charge on any atom is -0.368 e. The van der Waals surface area contributed by atoms with Gasteiger partial charge in [-0.3, -0.25) is 9.39 Å². The van der Waals surface area contributed by atoms with E-state index in [1.54, 1.807) is 11.3 Å². The second-order valence-electron chi connectivity index (χ2n) is 5.17. The van der Waals surface area contributed by atoms with Gasteiger partial charge in [0.15, 0.2) is 0 Å². The number of hydrogen-bond acceptors (Lipinski definition) is 4. The van der Waals surface area contributed by atoms with Crippen molar-refractivity contribution >= 4 is 56.5 Å². The van der Waals surface area contributed by atoms with Gasteiger partial charge in [0.1, 0.15) is 11.5 Å².